The average molecular weight is 396 g/mol. The fourth-order valence-corrected chi connectivity index (χ4v) is 2.59. The molecular formula is C17H15Cl2N3O4. The van der Waals surface area contributed by atoms with Crippen LogP contribution in [-0.4, -0.2) is 23.1 Å². The molecule has 0 aromatic heterocycles. The summed E-state index contributed by atoms with van der Waals surface area (Å²) in [4.78, 5) is 22.8. The average Bonchev–Trinajstić information content (AvgIpc) is 2.59. The van der Waals surface area contributed by atoms with Gasteiger partial charge in [0, 0.05) is 16.7 Å². The number of hydrogen-bond donors (Lipinski definition) is 1. The van der Waals surface area contributed by atoms with Crippen molar-refractivity contribution in [1.29, 1.82) is 0 Å². The van der Waals surface area contributed by atoms with Crippen LogP contribution in [0.2, 0.25) is 10.0 Å². The summed E-state index contributed by atoms with van der Waals surface area (Å²) >= 11 is 11.8. The molecule has 0 saturated heterocycles. The van der Waals surface area contributed by atoms with Crippen LogP contribution in [0.1, 0.15) is 29.8 Å². The van der Waals surface area contributed by atoms with Gasteiger partial charge in [-0.1, -0.05) is 23.2 Å². The van der Waals surface area contributed by atoms with E-state index in [1.807, 2.05) is 0 Å². The molecule has 26 heavy (non-hydrogen) atoms. The number of carbonyl (C=O) groups is 1. The van der Waals surface area contributed by atoms with E-state index >= 15 is 0 Å². The van der Waals surface area contributed by atoms with Crippen molar-refractivity contribution in [3.8, 4) is 5.75 Å². The largest absolute Gasteiger partial charge is 0.487 e. The molecule has 0 bridgehead atoms. The smallest absolute Gasteiger partial charge is 0.311 e. The third-order valence-electron chi connectivity index (χ3n) is 3.37. The number of nitro benzene ring substituents is 1. The molecular weight excluding hydrogens is 381 g/mol. The standard InChI is InChI=1S/C17H15Cl2N3O4/c1-3-26-16-7-4-11(8-15(16)22(24)25)10(2)20-21-17(23)13-6-5-12(18)9-14(13)19/h4-9H,3H2,1-2H3,(H,21,23)/b20-10-. The Morgan fingerprint density at radius 1 is 1.27 bits per heavy atom. The molecule has 0 aliphatic heterocycles. The Bertz CT molecular complexity index is 884. The second-order valence-corrected chi connectivity index (χ2v) is 5.98. The Kier molecular flexibility index (Phi) is 6.54. The summed E-state index contributed by atoms with van der Waals surface area (Å²) in [7, 11) is 0. The van der Waals surface area contributed by atoms with E-state index in [4.69, 9.17) is 27.9 Å². The van der Waals surface area contributed by atoms with Gasteiger partial charge in [-0.15, -0.1) is 0 Å². The highest BCUT2D eigenvalue weighted by Gasteiger charge is 2.17. The maximum absolute atomic E-state index is 12.2. The normalized spacial score (nSPS) is 11.2. The zero-order valence-corrected chi connectivity index (χ0v) is 15.5. The van der Waals surface area contributed by atoms with Crippen molar-refractivity contribution in [2.75, 3.05) is 6.61 Å². The number of rotatable bonds is 6. The molecule has 0 unspecified atom stereocenters. The molecule has 0 radical (unpaired) electrons. The Morgan fingerprint density at radius 3 is 2.62 bits per heavy atom. The van der Waals surface area contributed by atoms with Crippen LogP contribution in [-0.2, 0) is 0 Å². The predicted molar refractivity (Wildman–Crippen MR) is 100 cm³/mol. The number of amides is 1. The lowest BCUT2D eigenvalue weighted by molar-refractivity contribution is -0.385. The minimum absolute atomic E-state index is 0.172. The van der Waals surface area contributed by atoms with Crippen molar-refractivity contribution in [3.63, 3.8) is 0 Å². The van der Waals surface area contributed by atoms with Crippen LogP contribution in [0.4, 0.5) is 5.69 Å². The molecule has 0 heterocycles. The lowest BCUT2D eigenvalue weighted by atomic mass is 10.1. The molecule has 136 valence electrons. The van der Waals surface area contributed by atoms with Crippen molar-refractivity contribution < 1.29 is 14.5 Å². The first-order chi connectivity index (χ1) is 12.3. The van der Waals surface area contributed by atoms with Gasteiger partial charge in [0.05, 0.1) is 27.8 Å². The van der Waals surface area contributed by atoms with Gasteiger partial charge in [0.25, 0.3) is 5.91 Å². The van der Waals surface area contributed by atoms with Crippen LogP contribution in [0.25, 0.3) is 0 Å². The van der Waals surface area contributed by atoms with E-state index in [1.165, 1.54) is 30.3 Å². The molecule has 1 amide bonds. The van der Waals surface area contributed by atoms with Gasteiger partial charge in [-0.25, -0.2) is 5.43 Å². The van der Waals surface area contributed by atoms with Crippen LogP contribution in [0, 0.1) is 10.1 Å². The van der Waals surface area contributed by atoms with E-state index in [1.54, 1.807) is 19.9 Å². The van der Waals surface area contributed by atoms with E-state index < -0.39 is 10.8 Å². The lowest BCUT2D eigenvalue weighted by Gasteiger charge is -2.07. The number of halogens is 2. The maximum Gasteiger partial charge on any atom is 0.311 e. The van der Waals surface area contributed by atoms with Gasteiger partial charge in [0.2, 0.25) is 0 Å². The van der Waals surface area contributed by atoms with Gasteiger partial charge < -0.3 is 4.74 Å². The minimum atomic E-state index is -0.534. The monoisotopic (exact) mass is 395 g/mol. The summed E-state index contributed by atoms with van der Waals surface area (Å²) in [6.45, 7) is 3.66. The number of nitro groups is 1. The van der Waals surface area contributed by atoms with Gasteiger partial charge in [-0.3, -0.25) is 14.9 Å². The van der Waals surface area contributed by atoms with E-state index in [0.29, 0.717) is 22.9 Å². The van der Waals surface area contributed by atoms with E-state index in [2.05, 4.69) is 10.5 Å². The third-order valence-corrected chi connectivity index (χ3v) is 3.92. The number of benzene rings is 2. The molecule has 1 N–H and O–H groups in total. The van der Waals surface area contributed by atoms with Crippen molar-refractivity contribution in [2.24, 2.45) is 5.10 Å². The fourth-order valence-electron chi connectivity index (χ4n) is 2.10. The van der Waals surface area contributed by atoms with Crippen LogP contribution < -0.4 is 10.2 Å². The summed E-state index contributed by atoms with van der Waals surface area (Å²) in [5.41, 5.74) is 3.26. The molecule has 0 atom stereocenters. The molecule has 9 heteroatoms. The molecule has 2 aromatic carbocycles. The first kappa shape index (κ1) is 19.7. The zero-order valence-electron chi connectivity index (χ0n) is 14.0. The van der Waals surface area contributed by atoms with Gasteiger partial charge in [-0.05, 0) is 44.2 Å². The van der Waals surface area contributed by atoms with Gasteiger partial charge >= 0.3 is 5.69 Å². The first-order valence-electron chi connectivity index (χ1n) is 7.54. The molecule has 0 aliphatic rings. The van der Waals surface area contributed by atoms with Crippen LogP contribution in [0.15, 0.2) is 41.5 Å². The lowest BCUT2D eigenvalue weighted by Crippen LogP contribution is -2.19. The van der Waals surface area contributed by atoms with Crippen LogP contribution >= 0.6 is 23.2 Å². The fraction of sp³-hybridized carbons (Fsp3) is 0.176. The number of carbonyl (C=O) groups excluding carboxylic acids is 1. The predicted octanol–water partition coefficient (Wildman–Crippen LogP) is 4.45. The summed E-state index contributed by atoms with van der Waals surface area (Å²) in [5.74, 6) is -0.350. The SMILES string of the molecule is CCOc1ccc(/C(C)=N\NC(=O)c2ccc(Cl)cc2Cl)cc1[N+](=O)[O-]. The molecule has 2 rings (SSSR count). The number of nitrogens with one attached hydrogen (secondary N) is 1. The summed E-state index contributed by atoms with van der Waals surface area (Å²) in [5, 5.41) is 15.8. The molecule has 7 nitrogen and oxygen atoms in total. The highest BCUT2D eigenvalue weighted by Crippen LogP contribution is 2.28. The second-order valence-electron chi connectivity index (χ2n) is 5.13. The number of nitrogens with zero attached hydrogens (tertiary/aromatic N) is 2. The number of ether oxygens (including phenoxy) is 1. The summed E-state index contributed by atoms with van der Waals surface area (Å²) in [6.07, 6.45) is 0. The molecule has 0 spiro atoms. The van der Waals surface area contributed by atoms with E-state index in [-0.39, 0.29) is 22.0 Å². The Labute approximate surface area is 159 Å². The van der Waals surface area contributed by atoms with Gasteiger partial charge in [0.1, 0.15) is 0 Å². The van der Waals surface area contributed by atoms with Crippen LogP contribution in [0.3, 0.4) is 0 Å². The molecule has 0 fully saturated rings. The molecule has 2 aromatic rings. The van der Waals surface area contributed by atoms with Crippen molar-refractivity contribution in [2.45, 2.75) is 13.8 Å². The number of hydrazone groups is 1. The Morgan fingerprint density at radius 2 is 2.00 bits per heavy atom. The topological polar surface area (TPSA) is 93.8 Å². The second kappa shape index (κ2) is 8.64. The summed E-state index contributed by atoms with van der Waals surface area (Å²) in [6, 6.07) is 8.92. The zero-order chi connectivity index (χ0) is 19.3. The minimum Gasteiger partial charge on any atom is -0.487 e. The van der Waals surface area contributed by atoms with Crippen molar-refractivity contribution in [1.82, 2.24) is 5.43 Å². The quantitative estimate of drug-likeness (QED) is 0.443. The van der Waals surface area contributed by atoms with E-state index in [9.17, 15) is 14.9 Å². The molecule has 0 saturated carbocycles. The highest BCUT2D eigenvalue weighted by molar-refractivity contribution is 6.36. The van der Waals surface area contributed by atoms with Crippen LogP contribution in [0.5, 0.6) is 5.75 Å². The van der Waals surface area contributed by atoms with Gasteiger partial charge in [0.15, 0.2) is 5.75 Å². The third kappa shape index (κ3) is 4.71. The van der Waals surface area contributed by atoms with E-state index in [0.717, 1.165) is 0 Å². The molecule has 0 aliphatic carbocycles. The summed E-state index contributed by atoms with van der Waals surface area (Å²) < 4.78 is 5.24. The van der Waals surface area contributed by atoms with Crippen molar-refractivity contribution in [3.05, 3.63) is 67.7 Å². The van der Waals surface area contributed by atoms with Crippen molar-refractivity contribution >= 4 is 40.5 Å². The maximum atomic E-state index is 12.2. The van der Waals surface area contributed by atoms with Gasteiger partial charge in [-0.2, -0.15) is 5.10 Å². The Balaban J connectivity index is 2.22. The highest BCUT2D eigenvalue weighted by atomic mass is 35.5. The Hall–Kier alpha value is -2.64. The number of hydrogen-bond acceptors (Lipinski definition) is 5. The first-order valence-corrected chi connectivity index (χ1v) is 8.30.